The number of hydrogen-bond donors (Lipinski definition) is 2. The molecule has 2 amide bonds. The lowest BCUT2D eigenvalue weighted by molar-refractivity contribution is -0.159. The van der Waals surface area contributed by atoms with E-state index in [0.717, 1.165) is 12.7 Å². The van der Waals surface area contributed by atoms with Gasteiger partial charge in [-0.25, -0.2) is 9.59 Å². The van der Waals surface area contributed by atoms with Crippen LogP contribution in [0.5, 0.6) is 0 Å². The summed E-state index contributed by atoms with van der Waals surface area (Å²) in [7, 11) is 1.15. The molecule has 0 spiro atoms. The van der Waals surface area contributed by atoms with E-state index < -0.39 is 48.0 Å². The van der Waals surface area contributed by atoms with E-state index in [9.17, 15) is 19.2 Å². The summed E-state index contributed by atoms with van der Waals surface area (Å²) in [5, 5.41) is 4.96. The Hall–Kier alpha value is -3.10. The third-order valence-electron chi connectivity index (χ3n) is 4.03. The number of ether oxygens (including phenoxy) is 3. The Morgan fingerprint density at radius 1 is 1.00 bits per heavy atom. The smallest absolute Gasteiger partial charge is 0.408 e. The fourth-order valence-electron chi connectivity index (χ4n) is 2.57. The summed E-state index contributed by atoms with van der Waals surface area (Å²) >= 11 is 0. The molecule has 0 aliphatic rings. The number of methoxy groups -OCH3 is 1. The van der Waals surface area contributed by atoms with E-state index in [1.807, 2.05) is 18.2 Å². The lowest BCUT2D eigenvalue weighted by atomic mass is 10.0. The quantitative estimate of drug-likeness (QED) is 0.450. The molecule has 0 saturated heterocycles. The van der Waals surface area contributed by atoms with Gasteiger partial charge in [0, 0.05) is 0 Å². The molecule has 0 aliphatic heterocycles. The zero-order valence-corrected chi connectivity index (χ0v) is 18.9. The lowest BCUT2D eigenvalue weighted by Crippen LogP contribution is -2.54. The van der Waals surface area contributed by atoms with Gasteiger partial charge in [-0.2, -0.15) is 0 Å². The first-order chi connectivity index (χ1) is 14.4. The Kier molecular flexibility index (Phi) is 9.98. The summed E-state index contributed by atoms with van der Waals surface area (Å²) in [5.74, 6) is -2.43. The van der Waals surface area contributed by atoms with Crippen molar-refractivity contribution in [1.29, 1.82) is 0 Å². The van der Waals surface area contributed by atoms with Crippen molar-refractivity contribution >= 4 is 23.9 Å². The molecule has 2 N–H and O–H groups in total. The molecule has 1 aromatic carbocycles. The van der Waals surface area contributed by atoms with Crippen molar-refractivity contribution in [3.8, 4) is 0 Å². The van der Waals surface area contributed by atoms with Crippen LogP contribution in [0, 0.1) is 5.92 Å². The van der Waals surface area contributed by atoms with Crippen LogP contribution >= 0.6 is 0 Å². The lowest BCUT2D eigenvalue weighted by Gasteiger charge is -2.25. The van der Waals surface area contributed by atoms with Gasteiger partial charge in [-0.1, -0.05) is 44.2 Å². The Morgan fingerprint density at radius 2 is 1.61 bits per heavy atom. The molecule has 0 bridgehead atoms. The number of benzene rings is 1. The predicted octanol–water partition coefficient (Wildman–Crippen LogP) is 2.33. The number of amides is 2. The molecule has 2 atom stereocenters. The molecule has 0 unspecified atom stereocenters. The maximum Gasteiger partial charge on any atom is 0.408 e. The third-order valence-corrected chi connectivity index (χ3v) is 4.03. The van der Waals surface area contributed by atoms with Crippen LogP contribution in [0.3, 0.4) is 0 Å². The predicted molar refractivity (Wildman–Crippen MR) is 113 cm³/mol. The second kappa shape index (κ2) is 11.9. The van der Waals surface area contributed by atoms with E-state index in [1.54, 1.807) is 46.8 Å². The summed E-state index contributed by atoms with van der Waals surface area (Å²) in [6.07, 6.45) is -1.18. The molecular formula is C22H32N2O7. The number of rotatable bonds is 9. The fourth-order valence-corrected chi connectivity index (χ4v) is 2.57. The highest BCUT2D eigenvalue weighted by atomic mass is 16.6. The maximum atomic E-state index is 12.8. The van der Waals surface area contributed by atoms with Crippen LogP contribution in [0.1, 0.15) is 46.6 Å². The topological polar surface area (TPSA) is 120 Å². The van der Waals surface area contributed by atoms with Gasteiger partial charge in [0.05, 0.1) is 13.5 Å². The van der Waals surface area contributed by atoms with Gasteiger partial charge in [0.2, 0.25) is 5.91 Å². The molecule has 0 aromatic heterocycles. The largest absolute Gasteiger partial charge is 0.467 e. The minimum Gasteiger partial charge on any atom is -0.467 e. The van der Waals surface area contributed by atoms with Crippen molar-refractivity contribution in [3.63, 3.8) is 0 Å². The summed E-state index contributed by atoms with van der Waals surface area (Å²) in [4.78, 5) is 49.1. The average Bonchev–Trinajstić information content (AvgIpc) is 2.68. The molecule has 0 saturated carbocycles. The van der Waals surface area contributed by atoms with Gasteiger partial charge in [0.1, 0.15) is 24.3 Å². The van der Waals surface area contributed by atoms with Crippen LogP contribution in [0.2, 0.25) is 0 Å². The summed E-state index contributed by atoms with van der Waals surface area (Å²) in [6, 6.07) is 6.84. The summed E-state index contributed by atoms with van der Waals surface area (Å²) in [5.41, 5.74) is 0.0538. The molecule has 0 fully saturated rings. The molecule has 1 aromatic rings. The van der Waals surface area contributed by atoms with Gasteiger partial charge in [-0.05, 0) is 32.3 Å². The molecule has 0 heterocycles. The van der Waals surface area contributed by atoms with Crippen LogP contribution < -0.4 is 10.6 Å². The monoisotopic (exact) mass is 436 g/mol. The summed E-state index contributed by atoms with van der Waals surface area (Å²) in [6.45, 7) is 8.57. The zero-order chi connectivity index (χ0) is 23.6. The van der Waals surface area contributed by atoms with Crippen LogP contribution in [0.15, 0.2) is 30.3 Å². The highest BCUT2D eigenvalue weighted by Crippen LogP contribution is 2.11. The Labute approximate surface area is 182 Å². The molecule has 172 valence electrons. The molecule has 0 aliphatic carbocycles. The SMILES string of the molecule is COC(=O)[C@@H](CC(=O)OC(C)(C)C)NC(=O)[C@@H](NC(=O)OCc1ccccc1)C(C)C. The van der Waals surface area contributed by atoms with Crippen LogP contribution in [0.4, 0.5) is 4.79 Å². The van der Waals surface area contributed by atoms with E-state index in [2.05, 4.69) is 15.4 Å². The first kappa shape index (κ1) is 25.9. The average molecular weight is 437 g/mol. The molecular weight excluding hydrogens is 404 g/mol. The number of nitrogens with one attached hydrogen (secondary N) is 2. The van der Waals surface area contributed by atoms with E-state index in [4.69, 9.17) is 9.47 Å². The second-order valence-electron chi connectivity index (χ2n) is 8.30. The van der Waals surface area contributed by atoms with E-state index >= 15 is 0 Å². The van der Waals surface area contributed by atoms with E-state index in [0.29, 0.717) is 0 Å². The third kappa shape index (κ3) is 9.97. The first-order valence-electron chi connectivity index (χ1n) is 10.00. The number of carbonyl (C=O) groups is 4. The zero-order valence-electron chi connectivity index (χ0n) is 18.9. The Morgan fingerprint density at radius 3 is 2.13 bits per heavy atom. The number of esters is 2. The molecule has 9 nitrogen and oxygen atoms in total. The Bertz CT molecular complexity index is 757. The van der Waals surface area contributed by atoms with Crippen LogP contribution in [0.25, 0.3) is 0 Å². The first-order valence-corrected chi connectivity index (χ1v) is 10.00. The fraction of sp³-hybridized carbons (Fsp3) is 0.545. The summed E-state index contributed by atoms with van der Waals surface area (Å²) < 4.78 is 15.0. The van der Waals surface area contributed by atoms with Crippen LogP contribution in [-0.2, 0) is 35.2 Å². The number of alkyl carbamates (subject to hydrolysis) is 1. The van der Waals surface area contributed by atoms with Gasteiger partial charge in [0.25, 0.3) is 0 Å². The van der Waals surface area contributed by atoms with Gasteiger partial charge < -0.3 is 24.8 Å². The van der Waals surface area contributed by atoms with Crippen molar-refractivity contribution < 1.29 is 33.4 Å². The van der Waals surface area contributed by atoms with Crippen molar-refractivity contribution in [2.24, 2.45) is 5.92 Å². The maximum absolute atomic E-state index is 12.8. The van der Waals surface area contributed by atoms with E-state index in [1.165, 1.54) is 0 Å². The number of carbonyl (C=O) groups excluding carboxylic acids is 4. The van der Waals surface area contributed by atoms with Crippen molar-refractivity contribution in [1.82, 2.24) is 10.6 Å². The van der Waals surface area contributed by atoms with Gasteiger partial charge >= 0.3 is 18.0 Å². The minimum atomic E-state index is -1.25. The molecule has 0 radical (unpaired) electrons. The molecule has 9 heteroatoms. The number of hydrogen-bond acceptors (Lipinski definition) is 7. The molecule has 1 rings (SSSR count). The second-order valence-corrected chi connectivity index (χ2v) is 8.30. The minimum absolute atomic E-state index is 0.0442. The van der Waals surface area contributed by atoms with Crippen LogP contribution in [-0.4, -0.2) is 48.7 Å². The highest BCUT2D eigenvalue weighted by molar-refractivity contribution is 5.91. The van der Waals surface area contributed by atoms with E-state index in [-0.39, 0.29) is 12.5 Å². The van der Waals surface area contributed by atoms with Crippen molar-refractivity contribution in [3.05, 3.63) is 35.9 Å². The van der Waals surface area contributed by atoms with Gasteiger partial charge in [0.15, 0.2) is 0 Å². The molecule has 31 heavy (non-hydrogen) atoms. The highest BCUT2D eigenvalue weighted by Gasteiger charge is 2.32. The van der Waals surface area contributed by atoms with Gasteiger partial charge in [-0.15, -0.1) is 0 Å². The van der Waals surface area contributed by atoms with Gasteiger partial charge in [-0.3, -0.25) is 9.59 Å². The standard InChI is InChI=1S/C22H32N2O7/c1-14(2)18(24-21(28)30-13-15-10-8-7-9-11-15)19(26)23-16(20(27)29-6)12-17(25)31-22(3,4)5/h7-11,14,16,18H,12-13H2,1-6H3,(H,23,26)(H,24,28)/t16-,18+/m1/s1. The van der Waals surface area contributed by atoms with Crippen molar-refractivity contribution in [2.45, 2.75) is 65.3 Å². The Balaban J connectivity index is 2.76. The normalized spacial score (nSPS) is 13.0. The van der Waals surface area contributed by atoms with Crippen molar-refractivity contribution in [2.75, 3.05) is 7.11 Å².